The van der Waals surface area contributed by atoms with Gasteiger partial charge in [-0.3, -0.25) is 0 Å². The van der Waals surface area contributed by atoms with Crippen molar-refractivity contribution >= 4 is 17.9 Å². The summed E-state index contributed by atoms with van der Waals surface area (Å²) in [6.07, 6.45) is -2.72. The first-order valence-corrected chi connectivity index (χ1v) is 3.11. The van der Waals surface area contributed by atoms with Crippen molar-refractivity contribution in [3.8, 4) is 0 Å². The summed E-state index contributed by atoms with van der Waals surface area (Å²) in [6.45, 7) is 0. The van der Waals surface area contributed by atoms with Crippen molar-refractivity contribution < 1.29 is 53.4 Å². The Balaban J connectivity index is 0. The summed E-state index contributed by atoms with van der Waals surface area (Å²) >= 11 is 0. The summed E-state index contributed by atoms with van der Waals surface area (Å²) in [4.78, 5) is 30.0. The molecule has 0 unspecified atom stereocenters. The van der Waals surface area contributed by atoms with E-state index in [2.05, 4.69) is 0 Å². The Bertz CT molecular complexity index is 233. The van der Waals surface area contributed by atoms with E-state index in [-0.39, 0.29) is 18.6 Å². The summed E-state index contributed by atoms with van der Waals surface area (Å²) < 4.78 is 0. The van der Waals surface area contributed by atoms with Crippen molar-refractivity contribution in [2.45, 2.75) is 18.4 Å². The molecule has 0 saturated carbocycles. The molecule has 0 saturated heterocycles. The van der Waals surface area contributed by atoms with E-state index >= 15 is 0 Å². The maximum absolute atomic E-state index is 10.1. The molecule has 8 heteroatoms. The molecule has 0 amide bonds. The van der Waals surface area contributed by atoms with E-state index in [1.807, 2.05) is 0 Å². The molecule has 0 fully saturated rings. The molecule has 7 nitrogen and oxygen atoms in total. The number of hydrogen-bond donors (Lipinski definition) is 1. The standard InChI is InChI=1S/C6H8O7.V/c7-3(8)1-6(13,5(11)12)2-4(9)10;/h13H,1-2H2,(H,7,8)(H,9,10)(H,11,12);/p-3. The van der Waals surface area contributed by atoms with E-state index in [4.69, 9.17) is 5.11 Å². The van der Waals surface area contributed by atoms with Crippen molar-refractivity contribution in [3.05, 3.63) is 0 Å². The first-order chi connectivity index (χ1) is 5.78. The molecule has 14 heavy (non-hydrogen) atoms. The minimum atomic E-state index is -2.97. The van der Waals surface area contributed by atoms with E-state index in [0.717, 1.165) is 0 Å². The third kappa shape index (κ3) is 4.85. The summed E-state index contributed by atoms with van der Waals surface area (Å²) in [6, 6.07) is 0. The van der Waals surface area contributed by atoms with E-state index < -0.39 is 36.4 Å². The Morgan fingerprint density at radius 1 is 1.00 bits per heavy atom. The van der Waals surface area contributed by atoms with Gasteiger partial charge in [0.25, 0.3) is 0 Å². The summed E-state index contributed by atoms with van der Waals surface area (Å²) in [5.74, 6) is -5.98. The molecule has 0 aromatic carbocycles. The Labute approximate surface area is 90.2 Å². The Morgan fingerprint density at radius 2 is 1.29 bits per heavy atom. The van der Waals surface area contributed by atoms with Gasteiger partial charge in [-0.1, -0.05) is 0 Å². The number of aliphatic carboxylic acids is 3. The van der Waals surface area contributed by atoms with Gasteiger partial charge in [-0.15, -0.1) is 0 Å². The van der Waals surface area contributed by atoms with Crippen molar-refractivity contribution in [1.82, 2.24) is 0 Å². The average Bonchev–Trinajstić information content (AvgIpc) is 1.82. The largest absolute Gasteiger partial charge is 0.550 e. The predicted molar refractivity (Wildman–Crippen MR) is 29.2 cm³/mol. The van der Waals surface area contributed by atoms with Crippen LogP contribution in [0.1, 0.15) is 12.8 Å². The molecule has 0 bridgehead atoms. The van der Waals surface area contributed by atoms with Crippen LogP contribution in [0.2, 0.25) is 0 Å². The first kappa shape index (κ1) is 15.4. The predicted octanol–water partition coefficient (Wildman–Crippen LogP) is -5.26. The molecule has 1 N–H and O–H groups in total. The minimum absolute atomic E-state index is 0. The van der Waals surface area contributed by atoms with Crippen LogP contribution in [0.4, 0.5) is 0 Å². The smallest absolute Gasteiger partial charge is 0.114 e. The second-order valence-corrected chi connectivity index (χ2v) is 2.42. The third-order valence-corrected chi connectivity index (χ3v) is 1.25. The molecule has 1 radical (unpaired) electrons. The van der Waals surface area contributed by atoms with Crippen molar-refractivity contribution in [2.24, 2.45) is 0 Å². The van der Waals surface area contributed by atoms with Gasteiger partial charge in [-0.2, -0.15) is 0 Å². The molecule has 0 aromatic heterocycles. The third-order valence-electron chi connectivity index (χ3n) is 1.25. The van der Waals surface area contributed by atoms with E-state index in [1.54, 1.807) is 0 Å². The van der Waals surface area contributed by atoms with Gasteiger partial charge in [0.05, 0.1) is 5.97 Å². The molecule has 79 valence electrons. The van der Waals surface area contributed by atoms with Crippen molar-refractivity contribution in [1.29, 1.82) is 0 Å². The molecule has 0 aliphatic carbocycles. The Morgan fingerprint density at radius 3 is 1.43 bits per heavy atom. The minimum Gasteiger partial charge on any atom is -0.550 e. The molecule has 0 spiro atoms. The monoisotopic (exact) mass is 240 g/mol. The van der Waals surface area contributed by atoms with Crippen molar-refractivity contribution in [2.75, 3.05) is 0 Å². The van der Waals surface area contributed by atoms with Crippen LogP contribution >= 0.6 is 0 Å². The van der Waals surface area contributed by atoms with E-state index in [1.165, 1.54) is 0 Å². The van der Waals surface area contributed by atoms with Crippen molar-refractivity contribution in [3.63, 3.8) is 0 Å². The average molecular weight is 240 g/mol. The topological polar surface area (TPSA) is 141 Å². The van der Waals surface area contributed by atoms with Crippen LogP contribution in [0.3, 0.4) is 0 Å². The number of hydrogen-bond acceptors (Lipinski definition) is 7. The molecule has 0 aliphatic rings. The van der Waals surface area contributed by atoms with Crippen LogP contribution in [0, 0.1) is 0 Å². The number of carbonyl (C=O) groups excluding carboxylic acids is 3. The van der Waals surface area contributed by atoms with Gasteiger partial charge in [0.2, 0.25) is 0 Å². The van der Waals surface area contributed by atoms with E-state index in [0.29, 0.717) is 0 Å². The van der Waals surface area contributed by atoms with Gasteiger partial charge >= 0.3 is 0 Å². The van der Waals surface area contributed by atoms with Crippen LogP contribution in [-0.4, -0.2) is 28.6 Å². The number of carboxylic acid groups (broad SMARTS) is 3. The van der Waals surface area contributed by atoms with Crippen LogP contribution in [0.15, 0.2) is 0 Å². The van der Waals surface area contributed by atoms with Gasteiger partial charge in [-0.05, 0) is 0 Å². The Hall–Kier alpha value is -1.05. The Kier molecular flexibility index (Phi) is 6.21. The van der Waals surface area contributed by atoms with Gasteiger partial charge < -0.3 is 34.8 Å². The number of carbonyl (C=O) groups is 3. The fourth-order valence-corrected chi connectivity index (χ4v) is 0.684. The molecular weight excluding hydrogens is 235 g/mol. The number of aliphatic hydroxyl groups is 1. The second kappa shape index (κ2) is 5.64. The van der Waals surface area contributed by atoms with Gasteiger partial charge in [-0.25, -0.2) is 0 Å². The number of carboxylic acids is 3. The molecular formula is C6H5O7V-3. The maximum atomic E-state index is 10.1. The molecule has 0 aliphatic heterocycles. The molecule has 0 rings (SSSR count). The maximum Gasteiger partial charge on any atom is 0.114 e. The van der Waals surface area contributed by atoms with E-state index in [9.17, 15) is 29.7 Å². The molecule has 0 atom stereocenters. The molecule has 0 aromatic rings. The second-order valence-electron chi connectivity index (χ2n) is 2.42. The fraction of sp³-hybridized carbons (Fsp3) is 0.500. The molecule has 0 heterocycles. The van der Waals surface area contributed by atoms with Gasteiger partial charge in [0.1, 0.15) is 5.60 Å². The van der Waals surface area contributed by atoms with Gasteiger partial charge in [0, 0.05) is 43.3 Å². The zero-order valence-corrected chi connectivity index (χ0v) is 8.15. The normalized spacial score (nSPS) is 10.1. The summed E-state index contributed by atoms with van der Waals surface area (Å²) in [5.41, 5.74) is -2.97. The summed E-state index contributed by atoms with van der Waals surface area (Å²) in [5, 5.41) is 38.9. The van der Waals surface area contributed by atoms with Crippen LogP contribution in [0.5, 0.6) is 0 Å². The summed E-state index contributed by atoms with van der Waals surface area (Å²) in [7, 11) is 0. The zero-order chi connectivity index (χ0) is 10.6. The number of rotatable bonds is 5. The SMILES string of the molecule is O=C([O-])CC(O)(CC(=O)[O-])C(=O)[O-].[V]. The quantitative estimate of drug-likeness (QED) is 0.505. The van der Waals surface area contributed by atoms with Crippen LogP contribution in [-0.2, 0) is 32.9 Å². The zero-order valence-electron chi connectivity index (χ0n) is 6.76. The first-order valence-electron chi connectivity index (χ1n) is 3.11. The van der Waals surface area contributed by atoms with Crippen LogP contribution < -0.4 is 15.3 Å². The van der Waals surface area contributed by atoms with Gasteiger partial charge in [0.15, 0.2) is 0 Å². The fourth-order valence-electron chi connectivity index (χ4n) is 0.684. The van der Waals surface area contributed by atoms with Crippen LogP contribution in [0.25, 0.3) is 0 Å².